The Morgan fingerprint density at radius 2 is 2.00 bits per heavy atom. The van der Waals surface area contributed by atoms with Gasteiger partial charge in [0.2, 0.25) is 0 Å². The van der Waals surface area contributed by atoms with Crippen LogP contribution in [-0.2, 0) is 0 Å². The van der Waals surface area contributed by atoms with Crippen molar-refractivity contribution < 1.29 is 0 Å². The molecule has 2 aliphatic rings. The van der Waals surface area contributed by atoms with Gasteiger partial charge in [-0.15, -0.1) is 0 Å². The molecule has 0 bridgehead atoms. The average molecular weight is 196 g/mol. The molecule has 0 atom stereocenters. The summed E-state index contributed by atoms with van der Waals surface area (Å²) in [4.78, 5) is 2.60. The summed E-state index contributed by atoms with van der Waals surface area (Å²) >= 11 is 0. The van der Waals surface area contributed by atoms with Gasteiger partial charge in [-0.05, 0) is 44.2 Å². The van der Waals surface area contributed by atoms with E-state index in [1.807, 2.05) is 0 Å². The van der Waals surface area contributed by atoms with Crippen LogP contribution in [-0.4, -0.2) is 37.1 Å². The lowest BCUT2D eigenvalue weighted by atomic mass is 9.88. The highest BCUT2D eigenvalue weighted by Crippen LogP contribution is 2.23. The van der Waals surface area contributed by atoms with Crippen molar-refractivity contribution >= 4 is 0 Å². The molecule has 2 heteroatoms. The van der Waals surface area contributed by atoms with Crippen LogP contribution >= 0.6 is 0 Å². The Balaban J connectivity index is 1.43. The lowest BCUT2D eigenvalue weighted by Gasteiger charge is -2.41. The van der Waals surface area contributed by atoms with E-state index in [-0.39, 0.29) is 0 Å². The van der Waals surface area contributed by atoms with E-state index in [9.17, 15) is 0 Å². The van der Waals surface area contributed by atoms with Crippen molar-refractivity contribution in [1.29, 1.82) is 0 Å². The first-order chi connectivity index (χ1) is 6.75. The Kier molecular flexibility index (Phi) is 3.45. The number of hydrogen-bond acceptors (Lipinski definition) is 2. The topological polar surface area (TPSA) is 15.3 Å². The van der Waals surface area contributed by atoms with Gasteiger partial charge in [0.05, 0.1) is 0 Å². The maximum Gasteiger partial charge on any atom is 0.00682 e. The van der Waals surface area contributed by atoms with Crippen molar-refractivity contribution in [2.45, 2.75) is 39.2 Å². The van der Waals surface area contributed by atoms with Crippen molar-refractivity contribution in [3.05, 3.63) is 0 Å². The normalized spacial score (nSPS) is 24.2. The number of hydrogen-bond donors (Lipinski definition) is 1. The molecule has 1 aliphatic heterocycles. The minimum atomic E-state index is 0.884. The number of nitrogens with one attached hydrogen (secondary N) is 1. The molecule has 0 amide bonds. The van der Waals surface area contributed by atoms with Gasteiger partial charge in [-0.2, -0.15) is 0 Å². The molecule has 0 aromatic heterocycles. The highest BCUT2D eigenvalue weighted by Gasteiger charge is 2.28. The molecule has 1 saturated heterocycles. The van der Waals surface area contributed by atoms with Crippen molar-refractivity contribution in [2.75, 3.05) is 26.2 Å². The van der Waals surface area contributed by atoms with Crippen LogP contribution in [0.3, 0.4) is 0 Å². The Labute approximate surface area is 88.1 Å². The van der Waals surface area contributed by atoms with Gasteiger partial charge in [0, 0.05) is 19.1 Å². The smallest absolute Gasteiger partial charge is 0.00682 e. The SMILES string of the molecule is CC(C)C1CN(CCCNC2CC2)C1. The van der Waals surface area contributed by atoms with Gasteiger partial charge in [-0.3, -0.25) is 0 Å². The summed E-state index contributed by atoms with van der Waals surface area (Å²) < 4.78 is 0. The van der Waals surface area contributed by atoms with Crippen molar-refractivity contribution in [3.63, 3.8) is 0 Å². The molecular weight excluding hydrogens is 172 g/mol. The van der Waals surface area contributed by atoms with E-state index >= 15 is 0 Å². The molecule has 1 saturated carbocycles. The van der Waals surface area contributed by atoms with Gasteiger partial charge in [0.1, 0.15) is 0 Å². The largest absolute Gasteiger partial charge is 0.314 e. The highest BCUT2D eigenvalue weighted by atomic mass is 15.2. The fraction of sp³-hybridized carbons (Fsp3) is 1.00. The Morgan fingerprint density at radius 1 is 1.29 bits per heavy atom. The molecule has 0 aromatic carbocycles. The third kappa shape index (κ3) is 2.96. The standard InChI is InChI=1S/C12H24N2/c1-10(2)11-8-14(9-11)7-3-6-13-12-4-5-12/h10-13H,3-9H2,1-2H3. The number of likely N-dealkylation sites (tertiary alicyclic amines) is 1. The number of rotatable bonds is 6. The van der Waals surface area contributed by atoms with Gasteiger partial charge in [-0.25, -0.2) is 0 Å². The van der Waals surface area contributed by atoms with Crippen LogP contribution in [0.5, 0.6) is 0 Å². The molecule has 2 fully saturated rings. The maximum absolute atomic E-state index is 3.57. The molecule has 2 rings (SSSR count). The number of nitrogens with zero attached hydrogens (tertiary/aromatic N) is 1. The predicted octanol–water partition coefficient (Wildman–Crippen LogP) is 1.72. The third-order valence-electron chi connectivity index (χ3n) is 3.59. The van der Waals surface area contributed by atoms with Gasteiger partial charge < -0.3 is 10.2 Å². The van der Waals surface area contributed by atoms with Gasteiger partial charge >= 0.3 is 0 Å². The quantitative estimate of drug-likeness (QED) is 0.651. The molecule has 82 valence electrons. The fourth-order valence-corrected chi connectivity index (χ4v) is 2.11. The van der Waals surface area contributed by atoms with Crippen LogP contribution < -0.4 is 5.32 Å². The van der Waals surface area contributed by atoms with Crippen LogP contribution in [0.4, 0.5) is 0 Å². The maximum atomic E-state index is 3.57. The van der Waals surface area contributed by atoms with E-state index in [1.165, 1.54) is 45.4 Å². The zero-order valence-corrected chi connectivity index (χ0v) is 9.63. The summed E-state index contributed by atoms with van der Waals surface area (Å²) in [6.07, 6.45) is 4.17. The van der Waals surface area contributed by atoms with E-state index in [0.717, 1.165) is 17.9 Å². The molecule has 2 nitrogen and oxygen atoms in total. The Morgan fingerprint density at radius 3 is 2.57 bits per heavy atom. The summed E-state index contributed by atoms with van der Waals surface area (Å²) in [6, 6.07) is 0.884. The second-order valence-corrected chi connectivity index (χ2v) is 5.35. The molecule has 0 unspecified atom stereocenters. The summed E-state index contributed by atoms with van der Waals surface area (Å²) in [5.41, 5.74) is 0. The molecule has 14 heavy (non-hydrogen) atoms. The van der Waals surface area contributed by atoms with Crippen molar-refractivity contribution in [1.82, 2.24) is 10.2 Å². The lowest BCUT2D eigenvalue weighted by Crippen LogP contribution is -2.49. The van der Waals surface area contributed by atoms with Crippen LogP contribution in [0.15, 0.2) is 0 Å². The Hall–Kier alpha value is -0.0800. The van der Waals surface area contributed by atoms with Crippen LogP contribution in [0.1, 0.15) is 33.1 Å². The minimum Gasteiger partial charge on any atom is -0.314 e. The third-order valence-corrected chi connectivity index (χ3v) is 3.59. The van der Waals surface area contributed by atoms with E-state index in [4.69, 9.17) is 0 Å². The fourth-order valence-electron chi connectivity index (χ4n) is 2.11. The van der Waals surface area contributed by atoms with E-state index in [0.29, 0.717) is 0 Å². The van der Waals surface area contributed by atoms with Gasteiger partial charge in [0.25, 0.3) is 0 Å². The Bertz CT molecular complexity index is 169. The summed E-state index contributed by atoms with van der Waals surface area (Å²) in [7, 11) is 0. The highest BCUT2D eigenvalue weighted by molar-refractivity contribution is 4.83. The van der Waals surface area contributed by atoms with Gasteiger partial charge in [0.15, 0.2) is 0 Å². The predicted molar refractivity (Wildman–Crippen MR) is 60.4 cm³/mol. The zero-order valence-electron chi connectivity index (χ0n) is 9.63. The van der Waals surface area contributed by atoms with Gasteiger partial charge in [-0.1, -0.05) is 13.8 Å². The molecular formula is C12H24N2. The van der Waals surface area contributed by atoms with Crippen molar-refractivity contribution in [3.8, 4) is 0 Å². The molecule has 1 N–H and O–H groups in total. The van der Waals surface area contributed by atoms with E-state index < -0.39 is 0 Å². The molecule has 1 aliphatic carbocycles. The second kappa shape index (κ2) is 4.63. The van der Waals surface area contributed by atoms with Crippen LogP contribution in [0, 0.1) is 11.8 Å². The first-order valence-electron chi connectivity index (χ1n) is 6.21. The monoisotopic (exact) mass is 196 g/mol. The van der Waals surface area contributed by atoms with Crippen LogP contribution in [0.25, 0.3) is 0 Å². The summed E-state index contributed by atoms with van der Waals surface area (Å²) in [5, 5.41) is 3.57. The minimum absolute atomic E-state index is 0.884. The summed E-state index contributed by atoms with van der Waals surface area (Å²) in [6.45, 7) is 9.92. The zero-order chi connectivity index (χ0) is 9.97. The van der Waals surface area contributed by atoms with E-state index in [1.54, 1.807) is 0 Å². The molecule has 1 heterocycles. The molecule has 0 radical (unpaired) electrons. The van der Waals surface area contributed by atoms with E-state index in [2.05, 4.69) is 24.1 Å². The average Bonchev–Trinajstić information content (AvgIpc) is 2.83. The van der Waals surface area contributed by atoms with Crippen LogP contribution in [0.2, 0.25) is 0 Å². The molecule has 0 aromatic rings. The second-order valence-electron chi connectivity index (χ2n) is 5.35. The lowest BCUT2D eigenvalue weighted by molar-refractivity contribution is 0.0677. The first kappa shape index (κ1) is 10.4. The first-order valence-corrected chi connectivity index (χ1v) is 6.21. The van der Waals surface area contributed by atoms with Crippen molar-refractivity contribution in [2.24, 2.45) is 11.8 Å². The summed E-state index contributed by atoms with van der Waals surface area (Å²) in [5.74, 6) is 1.86. The molecule has 0 spiro atoms.